The highest BCUT2D eigenvalue weighted by atomic mass is 19.4. The fourth-order valence-electron chi connectivity index (χ4n) is 3.78. The zero-order chi connectivity index (χ0) is 22.0. The summed E-state index contributed by atoms with van der Waals surface area (Å²) in [5, 5.41) is 3.30. The molecule has 0 radical (unpaired) electrons. The number of hydrogen-bond donors (Lipinski definition) is 2. The molecule has 1 aromatic carbocycles. The van der Waals surface area contributed by atoms with Gasteiger partial charge in [0.05, 0.1) is 5.56 Å². The van der Waals surface area contributed by atoms with Gasteiger partial charge >= 0.3 is 6.36 Å². The van der Waals surface area contributed by atoms with Crippen LogP contribution in [0, 0.1) is 0 Å². The van der Waals surface area contributed by atoms with Crippen molar-refractivity contribution in [3.63, 3.8) is 0 Å². The first-order chi connectivity index (χ1) is 14.8. The lowest BCUT2D eigenvalue weighted by Crippen LogP contribution is -2.32. The monoisotopic (exact) mass is 435 g/mol. The van der Waals surface area contributed by atoms with E-state index >= 15 is 0 Å². The molecule has 1 aliphatic carbocycles. The van der Waals surface area contributed by atoms with E-state index in [1.165, 1.54) is 6.07 Å². The number of hydrogen-bond acceptors (Lipinski definition) is 6. The van der Waals surface area contributed by atoms with E-state index in [2.05, 4.69) is 20.0 Å². The van der Waals surface area contributed by atoms with Gasteiger partial charge in [-0.3, -0.25) is 4.79 Å². The summed E-state index contributed by atoms with van der Waals surface area (Å²) < 4.78 is 41.0. The zero-order valence-corrected chi connectivity index (χ0v) is 16.9. The molecule has 0 bridgehead atoms. The van der Waals surface area contributed by atoms with Crippen LogP contribution >= 0.6 is 0 Å². The van der Waals surface area contributed by atoms with Crippen molar-refractivity contribution in [1.82, 2.24) is 14.9 Å². The van der Waals surface area contributed by atoms with Gasteiger partial charge < -0.3 is 20.7 Å². The normalized spacial score (nSPS) is 19.6. The lowest BCUT2D eigenvalue weighted by atomic mass is 9.97. The van der Waals surface area contributed by atoms with Crippen LogP contribution in [0.3, 0.4) is 0 Å². The average molecular weight is 435 g/mol. The van der Waals surface area contributed by atoms with Crippen LogP contribution < -0.4 is 15.8 Å². The number of rotatable bonds is 5. The molecule has 2 aromatic rings. The molecule has 3 N–H and O–H groups in total. The van der Waals surface area contributed by atoms with Crippen LogP contribution in [0.5, 0.6) is 5.75 Å². The fourth-order valence-corrected chi connectivity index (χ4v) is 3.78. The van der Waals surface area contributed by atoms with Crippen LogP contribution in [0.25, 0.3) is 0 Å². The first-order valence-corrected chi connectivity index (χ1v) is 10.3. The highest BCUT2D eigenvalue weighted by Gasteiger charge is 2.32. The van der Waals surface area contributed by atoms with Crippen molar-refractivity contribution >= 4 is 17.5 Å². The Balaban J connectivity index is 1.41. The molecule has 0 spiro atoms. The van der Waals surface area contributed by atoms with Crippen LogP contribution in [0.15, 0.2) is 30.5 Å². The van der Waals surface area contributed by atoms with Gasteiger partial charge in [0.1, 0.15) is 5.75 Å². The summed E-state index contributed by atoms with van der Waals surface area (Å²) in [6.45, 7) is 1.06. The Labute approximate surface area is 177 Å². The molecule has 1 amide bonds. The molecule has 166 valence electrons. The molecule has 1 aliphatic heterocycles. The van der Waals surface area contributed by atoms with E-state index in [1.54, 1.807) is 11.1 Å². The number of halogens is 3. The van der Waals surface area contributed by atoms with Crippen molar-refractivity contribution in [2.45, 2.75) is 50.4 Å². The summed E-state index contributed by atoms with van der Waals surface area (Å²) in [6.07, 6.45) is 1.64. The largest absolute Gasteiger partial charge is 0.573 e. The molecule has 31 heavy (non-hydrogen) atoms. The summed E-state index contributed by atoms with van der Waals surface area (Å²) in [5.41, 5.74) is 6.94. The molecule has 1 atom stereocenters. The maximum absolute atomic E-state index is 12.9. The predicted molar refractivity (Wildman–Crippen MR) is 109 cm³/mol. The number of alkyl halides is 3. The third-order valence-corrected chi connectivity index (χ3v) is 5.51. The van der Waals surface area contributed by atoms with E-state index in [0.29, 0.717) is 25.1 Å². The lowest BCUT2D eigenvalue weighted by molar-refractivity contribution is -0.274. The Morgan fingerprint density at radius 3 is 2.68 bits per heavy atom. The molecule has 7 nitrogen and oxygen atoms in total. The standard InChI is InChI=1S/C21H24F3N5O2/c22-21(23,24)31-15-5-6-16(17(25)12-15)19(30)29-10-1-2-13(8-11-29)18-7-9-26-20(28-18)27-14-3-4-14/h5-7,9,12-14H,1-4,8,10-11,25H2,(H,26,27,28). The first-order valence-electron chi connectivity index (χ1n) is 10.3. The predicted octanol–water partition coefficient (Wildman–Crippen LogP) is 3.94. The highest BCUT2D eigenvalue weighted by Crippen LogP contribution is 2.31. The Bertz CT molecular complexity index is 949. The summed E-state index contributed by atoms with van der Waals surface area (Å²) in [4.78, 5) is 23.6. The number of ether oxygens (including phenoxy) is 1. The van der Waals surface area contributed by atoms with Crippen LogP contribution in [0.2, 0.25) is 0 Å². The van der Waals surface area contributed by atoms with Gasteiger partial charge in [0, 0.05) is 48.7 Å². The van der Waals surface area contributed by atoms with Gasteiger partial charge in [-0.1, -0.05) is 0 Å². The van der Waals surface area contributed by atoms with Crippen LogP contribution in [0.1, 0.15) is 54.1 Å². The van der Waals surface area contributed by atoms with E-state index < -0.39 is 12.1 Å². The second-order valence-corrected chi connectivity index (χ2v) is 7.94. The molecule has 10 heteroatoms. The van der Waals surface area contributed by atoms with Crippen molar-refractivity contribution in [1.29, 1.82) is 0 Å². The number of carbonyl (C=O) groups is 1. The lowest BCUT2D eigenvalue weighted by Gasteiger charge is -2.22. The van der Waals surface area contributed by atoms with Gasteiger partial charge in [0.15, 0.2) is 0 Å². The number of aromatic nitrogens is 2. The smallest absolute Gasteiger partial charge is 0.406 e. The molecule has 1 unspecified atom stereocenters. The zero-order valence-electron chi connectivity index (χ0n) is 16.9. The second-order valence-electron chi connectivity index (χ2n) is 7.94. The minimum Gasteiger partial charge on any atom is -0.406 e. The van der Waals surface area contributed by atoms with Crippen molar-refractivity contribution in [2.75, 3.05) is 24.1 Å². The molecule has 4 rings (SSSR count). The minimum atomic E-state index is -4.81. The summed E-state index contributed by atoms with van der Waals surface area (Å²) in [7, 11) is 0. The third kappa shape index (κ3) is 5.56. The van der Waals surface area contributed by atoms with Gasteiger partial charge in [-0.05, 0) is 50.3 Å². The van der Waals surface area contributed by atoms with Crippen molar-refractivity contribution in [3.8, 4) is 5.75 Å². The Hall–Kier alpha value is -3.04. The van der Waals surface area contributed by atoms with Crippen molar-refractivity contribution < 1.29 is 22.7 Å². The second kappa shape index (κ2) is 8.60. The maximum atomic E-state index is 12.9. The van der Waals surface area contributed by atoms with Gasteiger partial charge in [-0.25, -0.2) is 9.97 Å². The summed E-state index contributed by atoms with van der Waals surface area (Å²) in [6, 6.07) is 5.79. The molecule has 2 fully saturated rings. The fraction of sp³-hybridized carbons (Fsp3) is 0.476. The number of nitrogens with one attached hydrogen (secondary N) is 1. The maximum Gasteiger partial charge on any atom is 0.573 e. The Kier molecular flexibility index (Phi) is 5.88. The topological polar surface area (TPSA) is 93.4 Å². The van der Waals surface area contributed by atoms with Crippen molar-refractivity contribution in [2.24, 2.45) is 0 Å². The number of anilines is 2. The van der Waals surface area contributed by atoms with Gasteiger partial charge in [-0.2, -0.15) is 0 Å². The van der Waals surface area contributed by atoms with Gasteiger partial charge in [-0.15, -0.1) is 13.2 Å². The molecular formula is C21H24F3N5O2. The minimum absolute atomic E-state index is 0.0425. The van der Waals surface area contributed by atoms with Gasteiger partial charge in [0.25, 0.3) is 5.91 Å². The Morgan fingerprint density at radius 1 is 1.16 bits per heavy atom. The summed E-state index contributed by atoms with van der Waals surface area (Å²) in [5.74, 6) is 0.110. The Morgan fingerprint density at radius 2 is 1.97 bits per heavy atom. The first kappa shape index (κ1) is 21.2. The van der Waals surface area contributed by atoms with E-state index in [1.807, 2.05) is 6.07 Å². The SMILES string of the molecule is Nc1cc(OC(F)(F)F)ccc1C(=O)N1CCCC(c2ccnc(NC3CC3)n2)CC1. The molecular weight excluding hydrogens is 411 g/mol. The number of nitrogens with zero attached hydrogens (tertiary/aromatic N) is 3. The van der Waals surface area contributed by atoms with Crippen LogP contribution in [-0.4, -0.2) is 46.3 Å². The van der Waals surface area contributed by atoms with E-state index in [4.69, 9.17) is 5.73 Å². The van der Waals surface area contributed by atoms with Crippen LogP contribution in [0.4, 0.5) is 24.8 Å². The average Bonchev–Trinajstić information content (AvgIpc) is 3.53. The number of benzene rings is 1. The van der Waals surface area contributed by atoms with Crippen LogP contribution in [-0.2, 0) is 0 Å². The number of amides is 1. The molecule has 1 aromatic heterocycles. The quantitative estimate of drug-likeness (QED) is 0.691. The van der Waals surface area contributed by atoms with E-state index in [0.717, 1.165) is 49.9 Å². The van der Waals surface area contributed by atoms with E-state index in [9.17, 15) is 18.0 Å². The number of nitrogens with two attached hydrogens (primary N) is 1. The van der Waals surface area contributed by atoms with E-state index in [-0.39, 0.29) is 23.1 Å². The summed E-state index contributed by atoms with van der Waals surface area (Å²) >= 11 is 0. The number of carbonyl (C=O) groups excluding carboxylic acids is 1. The highest BCUT2D eigenvalue weighted by molar-refractivity contribution is 5.99. The van der Waals surface area contributed by atoms with Crippen molar-refractivity contribution in [3.05, 3.63) is 41.7 Å². The molecule has 1 saturated heterocycles. The number of likely N-dealkylation sites (tertiary alicyclic amines) is 1. The molecule has 2 heterocycles. The van der Waals surface area contributed by atoms with Gasteiger partial charge in [0.2, 0.25) is 5.95 Å². The molecule has 2 aliphatic rings. The third-order valence-electron chi connectivity index (χ3n) is 5.51. The molecule has 1 saturated carbocycles. The number of nitrogen functional groups attached to an aromatic ring is 1.